The van der Waals surface area contributed by atoms with Crippen molar-refractivity contribution in [2.45, 2.75) is 38.5 Å². The fourth-order valence-electron chi connectivity index (χ4n) is 2.22. The molecule has 2 N–H and O–H groups in total. The van der Waals surface area contributed by atoms with Gasteiger partial charge >= 0.3 is 0 Å². The molecule has 17 heavy (non-hydrogen) atoms. The van der Waals surface area contributed by atoms with Gasteiger partial charge in [0.25, 0.3) is 0 Å². The van der Waals surface area contributed by atoms with Gasteiger partial charge in [0.15, 0.2) is 0 Å². The Balaban J connectivity index is 2.54. The van der Waals surface area contributed by atoms with Crippen LogP contribution in [0.3, 0.4) is 0 Å². The van der Waals surface area contributed by atoms with Crippen LogP contribution in [0.25, 0.3) is 0 Å². The highest BCUT2D eigenvalue weighted by Gasteiger charge is 2.37. The van der Waals surface area contributed by atoms with Gasteiger partial charge in [0.2, 0.25) is 5.91 Å². The lowest BCUT2D eigenvalue weighted by molar-refractivity contribution is -0.132. The van der Waals surface area contributed by atoms with E-state index < -0.39 is 6.04 Å². The lowest BCUT2D eigenvalue weighted by atomic mass is 10.0. The van der Waals surface area contributed by atoms with E-state index >= 15 is 0 Å². The lowest BCUT2D eigenvalue weighted by Crippen LogP contribution is -2.43. The number of carbonyl (C=O) groups excluding carboxylic acids is 1. The second-order valence-corrected chi connectivity index (χ2v) is 5.03. The van der Waals surface area contributed by atoms with Crippen LogP contribution in [0.2, 0.25) is 0 Å². The largest absolute Gasteiger partial charge is 0.377 e. The number of hydrogen-bond acceptors (Lipinski definition) is 4. The maximum atomic E-state index is 12.1. The number of nitrogens with two attached hydrogens (primary N) is 1. The Hall–Kier alpha value is -0.650. The van der Waals surface area contributed by atoms with Crippen molar-refractivity contribution in [3.8, 4) is 0 Å². The monoisotopic (exact) mass is 244 g/mol. The van der Waals surface area contributed by atoms with Gasteiger partial charge in [0.1, 0.15) is 12.2 Å². The molecule has 1 amide bonds. The van der Waals surface area contributed by atoms with Crippen LogP contribution in [0.5, 0.6) is 0 Å². The van der Waals surface area contributed by atoms with Crippen LogP contribution in [0.15, 0.2) is 0 Å². The number of nitrogens with zero attached hydrogens (tertiary/aromatic N) is 1. The van der Waals surface area contributed by atoms with Crippen LogP contribution in [0.4, 0.5) is 0 Å². The summed E-state index contributed by atoms with van der Waals surface area (Å²) in [5, 5.41) is 0. The molecule has 3 atom stereocenters. The van der Waals surface area contributed by atoms with Crippen molar-refractivity contribution in [1.29, 1.82) is 0 Å². The summed E-state index contributed by atoms with van der Waals surface area (Å²) >= 11 is 0. The molecule has 1 saturated heterocycles. The molecule has 0 bridgehead atoms. The molecule has 0 radical (unpaired) electrons. The third-order valence-corrected chi connectivity index (χ3v) is 3.18. The molecule has 5 nitrogen and oxygen atoms in total. The Morgan fingerprint density at radius 2 is 1.76 bits per heavy atom. The molecule has 3 unspecified atom stereocenters. The van der Waals surface area contributed by atoms with Gasteiger partial charge in [0, 0.05) is 27.3 Å². The van der Waals surface area contributed by atoms with Gasteiger partial charge in [-0.25, -0.2) is 0 Å². The zero-order valence-corrected chi connectivity index (χ0v) is 11.2. The van der Waals surface area contributed by atoms with Gasteiger partial charge in [0.05, 0.1) is 6.04 Å². The molecule has 0 aromatic heterocycles. The SMILES string of the molecule is COC1CN(C(=O)C(N)CC(C)C)CC1OC. The Kier molecular flexibility index (Phi) is 5.36. The first-order valence-corrected chi connectivity index (χ1v) is 6.09. The van der Waals surface area contributed by atoms with Crippen LogP contribution in [-0.4, -0.2) is 56.4 Å². The number of rotatable bonds is 5. The van der Waals surface area contributed by atoms with E-state index in [2.05, 4.69) is 13.8 Å². The number of hydrogen-bond donors (Lipinski definition) is 1. The molecule has 0 aromatic carbocycles. The minimum Gasteiger partial charge on any atom is -0.377 e. The maximum Gasteiger partial charge on any atom is 0.239 e. The maximum absolute atomic E-state index is 12.1. The van der Waals surface area contributed by atoms with Crippen LogP contribution in [0, 0.1) is 5.92 Å². The second kappa shape index (κ2) is 6.33. The Morgan fingerprint density at radius 1 is 1.29 bits per heavy atom. The fourth-order valence-corrected chi connectivity index (χ4v) is 2.22. The summed E-state index contributed by atoms with van der Waals surface area (Å²) < 4.78 is 10.6. The first-order chi connectivity index (χ1) is 7.99. The van der Waals surface area contributed by atoms with Crippen LogP contribution in [-0.2, 0) is 14.3 Å². The first kappa shape index (κ1) is 14.4. The predicted octanol–water partition coefficient (Wildman–Crippen LogP) is 0.232. The smallest absolute Gasteiger partial charge is 0.239 e. The summed E-state index contributed by atoms with van der Waals surface area (Å²) in [6.07, 6.45) is 0.621. The van der Waals surface area contributed by atoms with E-state index in [4.69, 9.17) is 15.2 Å². The molecule has 1 aliphatic rings. The normalized spacial score (nSPS) is 26.6. The number of carbonyl (C=O) groups is 1. The third-order valence-electron chi connectivity index (χ3n) is 3.18. The molecule has 100 valence electrons. The average Bonchev–Trinajstić information content (AvgIpc) is 2.69. The number of amides is 1. The molecular weight excluding hydrogens is 220 g/mol. The molecule has 1 heterocycles. The van der Waals surface area contributed by atoms with Gasteiger partial charge in [-0.05, 0) is 12.3 Å². The zero-order valence-electron chi connectivity index (χ0n) is 11.2. The second-order valence-electron chi connectivity index (χ2n) is 5.03. The minimum atomic E-state index is -0.414. The van der Waals surface area contributed by atoms with Crippen molar-refractivity contribution < 1.29 is 14.3 Å². The Bertz CT molecular complexity index is 246. The minimum absolute atomic E-state index is 0.000278. The highest BCUT2D eigenvalue weighted by Crippen LogP contribution is 2.17. The van der Waals surface area contributed by atoms with Gasteiger partial charge in [-0.1, -0.05) is 13.8 Å². The highest BCUT2D eigenvalue weighted by molar-refractivity contribution is 5.82. The van der Waals surface area contributed by atoms with Gasteiger partial charge < -0.3 is 20.1 Å². The summed E-state index contributed by atoms with van der Waals surface area (Å²) in [4.78, 5) is 13.8. The quantitative estimate of drug-likeness (QED) is 0.752. The number of methoxy groups -OCH3 is 2. The van der Waals surface area contributed by atoms with Gasteiger partial charge in [-0.3, -0.25) is 4.79 Å². The Labute approximate surface area is 103 Å². The Morgan fingerprint density at radius 3 is 2.12 bits per heavy atom. The van der Waals surface area contributed by atoms with Crippen LogP contribution >= 0.6 is 0 Å². The molecule has 1 fully saturated rings. The van der Waals surface area contributed by atoms with E-state index in [1.54, 1.807) is 19.1 Å². The summed E-state index contributed by atoms with van der Waals surface area (Å²) in [6, 6.07) is -0.414. The van der Waals surface area contributed by atoms with E-state index in [9.17, 15) is 4.79 Å². The van der Waals surface area contributed by atoms with Crippen molar-refractivity contribution >= 4 is 5.91 Å². The molecule has 0 aromatic rings. The van der Waals surface area contributed by atoms with Crippen LogP contribution in [0.1, 0.15) is 20.3 Å². The third kappa shape index (κ3) is 3.66. The van der Waals surface area contributed by atoms with Crippen molar-refractivity contribution in [3.05, 3.63) is 0 Å². The lowest BCUT2D eigenvalue weighted by Gasteiger charge is -2.21. The highest BCUT2D eigenvalue weighted by atomic mass is 16.5. The molecule has 0 saturated carbocycles. The van der Waals surface area contributed by atoms with E-state index in [0.717, 1.165) is 0 Å². The molecule has 5 heteroatoms. The summed E-state index contributed by atoms with van der Waals surface area (Å²) in [7, 11) is 3.28. The van der Waals surface area contributed by atoms with Crippen molar-refractivity contribution in [1.82, 2.24) is 4.90 Å². The topological polar surface area (TPSA) is 64.8 Å². The number of ether oxygens (including phenoxy) is 2. The average molecular weight is 244 g/mol. The van der Waals surface area contributed by atoms with Crippen LogP contribution < -0.4 is 5.73 Å². The van der Waals surface area contributed by atoms with E-state index in [1.165, 1.54) is 0 Å². The van der Waals surface area contributed by atoms with E-state index in [1.807, 2.05) is 0 Å². The van der Waals surface area contributed by atoms with Gasteiger partial charge in [-0.2, -0.15) is 0 Å². The van der Waals surface area contributed by atoms with E-state index in [0.29, 0.717) is 25.4 Å². The zero-order chi connectivity index (χ0) is 13.0. The summed E-state index contributed by atoms with van der Waals surface area (Å²) in [5.74, 6) is 0.424. The van der Waals surface area contributed by atoms with Crippen molar-refractivity contribution in [2.75, 3.05) is 27.3 Å². The fraction of sp³-hybridized carbons (Fsp3) is 0.917. The van der Waals surface area contributed by atoms with Crippen molar-refractivity contribution in [2.24, 2.45) is 11.7 Å². The predicted molar refractivity (Wildman–Crippen MR) is 65.6 cm³/mol. The van der Waals surface area contributed by atoms with Crippen molar-refractivity contribution in [3.63, 3.8) is 0 Å². The molecule has 1 rings (SSSR count). The van der Waals surface area contributed by atoms with Gasteiger partial charge in [-0.15, -0.1) is 0 Å². The first-order valence-electron chi connectivity index (χ1n) is 6.09. The number of likely N-dealkylation sites (tertiary alicyclic amines) is 1. The standard InChI is InChI=1S/C12H24N2O3/c1-8(2)5-9(13)12(15)14-6-10(16-3)11(7-14)17-4/h8-11H,5-7,13H2,1-4H3. The summed E-state index contributed by atoms with van der Waals surface area (Å²) in [5.41, 5.74) is 5.90. The molecular formula is C12H24N2O3. The molecule has 0 aliphatic carbocycles. The molecule has 1 aliphatic heterocycles. The summed E-state index contributed by atoms with van der Waals surface area (Å²) in [6.45, 7) is 5.26. The van der Waals surface area contributed by atoms with E-state index in [-0.39, 0.29) is 18.1 Å². The molecule has 0 spiro atoms.